The summed E-state index contributed by atoms with van der Waals surface area (Å²) in [5.41, 5.74) is 2.34. The maximum absolute atomic E-state index is 10.6. The molecule has 120 valence electrons. The zero-order valence-electron chi connectivity index (χ0n) is 14.2. The summed E-state index contributed by atoms with van der Waals surface area (Å²) in [6.07, 6.45) is 6.47. The standard InChI is InChI=1S/C18H32N2O/c1-5-16-11-17(20(6-2)19-16)12-18(21)15-9-7-14(8-10-15)13(3)4/h11,13-15,18,21H,5-10,12H2,1-4H3. The molecule has 0 bridgehead atoms. The topological polar surface area (TPSA) is 38.0 Å². The van der Waals surface area contributed by atoms with E-state index in [1.807, 2.05) is 0 Å². The van der Waals surface area contributed by atoms with Crippen molar-refractivity contribution in [2.75, 3.05) is 0 Å². The summed E-state index contributed by atoms with van der Waals surface area (Å²) in [6.45, 7) is 9.80. The molecule has 1 aliphatic carbocycles. The van der Waals surface area contributed by atoms with Crippen LogP contribution in [0.5, 0.6) is 0 Å². The van der Waals surface area contributed by atoms with E-state index in [1.54, 1.807) is 0 Å². The van der Waals surface area contributed by atoms with Crippen LogP contribution in [0.4, 0.5) is 0 Å². The number of aliphatic hydroxyl groups excluding tert-OH is 1. The van der Waals surface area contributed by atoms with Crippen molar-refractivity contribution in [1.29, 1.82) is 0 Å². The molecule has 1 fully saturated rings. The van der Waals surface area contributed by atoms with Crippen LogP contribution in [0.1, 0.15) is 64.8 Å². The largest absolute Gasteiger partial charge is 0.392 e. The molecule has 0 aromatic carbocycles. The summed E-state index contributed by atoms with van der Waals surface area (Å²) in [7, 11) is 0. The van der Waals surface area contributed by atoms with Crippen molar-refractivity contribution in [1.82, 2.24) is 9.78 Å². The highest BCUT2D eigenvalue weighted by molar-refractivity contribution is 5.11. The maximum Gasteiger partial charge on any atom is 0.0624 e. The van der Waals surface area contributed by atoms with Crippen LogP contribution in [0.25, 0.3) is 0 Å². The molecule has 1 aromatic rings. The van der Waals surface area contributed by atoms with Gasteiger partial charge in [-0.15, -0.1) is 0 Å². The molecule has 0 amide bonds. The fourth-order valence-electron chi connectivity index (χ4n) is 3.70. The fraction of sp³-hybridized carbons (Fsp3) is 0.833. The summed E-state index contributed by atoms with van der Waals surface area (Å²) in [5.74, 6) is 2.13. The molecular weight excluding hydrogens is 260 g/mol. The predicted octanol–water partition coefficient (Wildman–Crippen LogP) is 3.83. The third-order valence-corrected chi connectivity index (χ3v) is 5.30. The second kappa shape index (κ2) is 7.44. The minimum Gasteiger partial charge on any atom is -0.392 e. The molecule has 0 aliphatic heterocycles. The van der Waals surface area contributed by atoms with E-state index in [0.717, 1.165) is 36.9 Å². The van der Waals surface area contributed by atoms with Crippen molar-refractivity contribution >= 4 is 0 Å². The number of aliphatic hydroxyl groups is 1. The average molecular weight is 292 g/mol. The molecule has 0 spiro atoms. The molecule has 21 heavy (non-hydrogen) atoms. The minimum absolute atomic E-state index is 0.204. The van der Waals surface area contributed by atoms with Gasteiger partial charge in [-0.25, -0.2) is 0 Å². The van der Waals surface area contributed by atoms with E-state index in [9.17, 15) is 5.11 Å². The molecule has 3 nitrogen and oxygen atoms in total. The minimum atomic E-state index is -0.204. The second-order valence-corrected chi connectivity index (χ2v) is 6.99. The average Bonchev–Trinajstić information content (AvgIpc) is 2.89. The molecule has 3 heteroatoms. The van der Waals surface area contributed by atoms with Crippen LogP contribution >= 0.6 is 0 Å². The van der Waals surface area contributed by atoms with Gasteiger partial charge in [0.25, 0.3) is 0 Å². The van der Waals surface area contributed by atoms with Crippen molar-refractivity contribution < 1.29 is 5.11 Å². The zero-order valence-corrected chi connectivity index (χ0v) is 14.2. The van der Waals surface area contributed by atoms with Gasteiger partial charge in [0.15, 0.2) is 0 Å². The number of aryl methyl sites for hydroxylation is 2. The highest BCUT2D eigenvalue weighted by atomic mass is 16.3. The van der Waals surface area contributed by atoms with E-state index in [2.05, 4.69) is 43.5 Å². The molecule has 0 saturated heterocycles. The molecule has 1 saturated carbocycles. The number of hydrogen-bond donors (Lipinski definition) is 1. The Bertz CT molecular complexity index is 430. The summed E-state index contributed by atoms with van der Waals surface area (Å²) in [6, 6.07) is 2.17. The summed E-state index contributed by atoms with van der Waals surface area (Å²) in [4.78, 5) is 0. The Morgan fingerprint density at radius 1 is 1.19 bits per heavy atom. The molecule has 1 atom stereocenters. The predicted molar refractivity (Wildman–Crippen MR) is 87.3 cm³/mol. The summed E-state index contributed by atoms with van der Waals surface area (Å²) in [5, 5.41) is 15.2. The number of rotatable bonds is 6. The monoisotopic (exact) mass is 292 g/mol. The highest BCUT2D eigenvalue weighted by Crippen LogP contribution is 2.35. The van der Waals surface area contributed by atoms with Gasteiger partial charge in [0, 0.05) is 18.7 Å². The third-order valence-electron chi connectivity index (χ3n) is 5.30. The Kier molecular flexibility index (Phi) is 5.86. The Morgan fingerprint density at radius 3 is 2.33 bits per heavy atom. The molecule has 1 heterocycles. The summed E-state index contributed by atoms with van der Waals surface area (Å²) >= 11 is 0. The van der Waals surface area contributed by atoms with Gasteiger partial charge in [0.1, 0.15) is 0 Å². The lowest BCUT2D eigenvalue weighted by Crippen LogP contribution is -2.29. The van der Waals surface area contributed by atoms with Gasteiger partial charge in [0.2, 0.25) is 0 Å². The first-order chi connectivity index (χ1) is 10.0. The van der Waals surface area contributed by atoms with Crippen molar-refractivity contribution in [2.45, 2.75) is 78.9 Å². The van der Waals surface area contributed by atoms with Crippen LogP contribution in [-0.2, 0) is 19.4 Å². The second-order valence-electron chi connectivity index (χ2n) is 6.99. The van der Waals surface area contributed by atoms with Crippen molar-refractivity contribution in [3.8, 4) is 0 Å². The fourth-order valence-corrected chi connectivity index (χ4v) is 3.70. The van der Waals surface area contributed by atoms with Crippen LogP contribution in [0.2, 0.25) is 0 Å². The first-order valence-electron chi connectivity index (χ1n) is 8.78. The van der Waals surface area contributed by atoms with Gasteiger partial charge in [-0.1, -0.05) is 20.8 Å². The normalized spacial score (nSPS) is 24.5. The lowest BCUT2D eigenvalue weighted by atomic mass is 9.74. The Balaban J connectivity index is 1.93. The van der Waals surface area contributed by atoms with Crippen molar-refractivity contribution in [2.24, 2.45) is 17.8 Å². The smallest absolute Gasteiger partial charge is 0.0624 e. The van der Waals surface area contributed by atoms with Crippen LogP contribution in [0, 0.1) is 17.8 Å². The number of aromatic nitrogens is 2. The van der Waals surface area contributed by atoms with Gasteiger partial charge < -0.3 is 5.11 Å². The van der Waals surface area contributed by atoms with Gasteiger partial charge in [0.05, 0.1) is 11.8 Å². The molecule has 1 aliphatic rings. The number of hydrogen-bond acceptors (Lipinski definition) is 2. The Labute approximate surface area is 129 Å². The summed E-state index contributed by atoms with van der Waals surface area (Å²) < 4.78 is 2.06. The Hall–Kier alpha value is -0.830. The van der Waals surface area contributed by atoms with E-state index >= 15 is 0 Å². The van der Waals surface area contributed by atoms with Gasteiger partial charge >= 0.3 is 0 Å². The SMILES string of the molecule is CCc1cc(CC(O)C2CCC(C(C)C)CC2)n(CC)n1. The van der Waals surface area contributed by atoms with Crippen LogP contribution < -0.4 is 0 Å². The Morgan fingerprint density at radius 2 is 1.81 bits per heavy atom. The lowest BCUT2D eigenvalue weighted by Gasteiger charge is -2.33. The highest BCUT2D eigenvalue weighted by Gasteiger charge is 2.28. The molecule has 1 aromatic heterocycles. The van der Waals surface area contributed by atoms with Crippen LogP contribution in [-0.4, -0.2) is 21.0 Å². The van der Waals surface area contributed by atoms with Gasteiger partial charge in [-0.2, -0.15) is 5.10 Å². The van der Waals surface area contributed by atoms with Gasteiger partial charge in [-0.05, 0) is 62.8 Å². The van der Waals surface area contributed by atoms with Crippen LogP contribution in [0.15, 0.2) is 6.07 Å². The molecular formula is C18H32N2O. The van der Waals surface area contributed by atoms with Gasteiger partial charge in [-0.3, -0.25) is 4.68 Å². The molecule has 0 radical (unpaired) electrons. The molecule has 1 N–H and O–H groups in total. The van der Waals surface area contributed by atoms with Crippen molar-refractivity contribution in [3.63, 3.8) is 0 Å². The first kappa shape index (κ1) is 16.5. The maximum atomic E-state index is 10.6. The third kappa shape index (κ3) is 4.09. The number of nitrogens with zero attached hydrogens (tertiary/aromatic N) is 2. The lowest BCUT2D eigenvalue weighted by molar-refractivity contribution is 0.0660. The van der Waals surface area contributed by atoms with E-state index in [0.29, 0.717) is 5.92 Å². The van der Waals surface area contributed by atoms with E-state index in [4.69, 9.17) is 0 Å². The first-order valence-corrected chi connectivity index (χ1v) is 8.78. The molecule has 1 unspecified atom stereocenters. The quantitative estimate of drug-likeness (QED) is 0.865. The molecule has 2 rings (SSSR count). The van der Waals surface area contributed by atoms with E-state index < -0.39 is 0 Å². The van der Waals surface area contributed by atoms with E-state index in [1.165, 1.54) is 31.4 Å². The van der Waals surface area contributed by atoms with Crippen LogP contribution in [0.3, 0.4) is 0 Å². The zero-order chi connectivity index (χ0) is 15.4. The van der Waals surface area contributed by atoms with Crippen molar-refractivity contribution in [3.05, 3.63) is 17.5 Å². The van der Waals surface area contributed by atoms with E-state index in [-0.39, 0.29) is 6.10 Å².